The number of hydrogen-bond acceptors (Lipinski definition) is 4. The van der Waals surface area contributed by atoms with Gasteiger partial charge in [0.15, 0.2) is 12.0 Å². The Labute approximate surface area is 189 Å². The second-order valence-corrected chi connectivity index (χ2v) is 9.24. The molecule has 0 bridgehead atoms. The van der Waals surface area contributed by atoms with Crippen molar-refractivity contribution in [1.82, 2.24) is 10.2 Å². The Morgan fingerprint density at radius 2 is 1.62 bits per heavy atom. The Bertz CT molecular complexity index is 927. The highest BCUT2D eigenvalue weighted by Crippen LogP contribution is 2.37. The van der Waals surface area contributed by atoms with Crippen LogP contribution in [0.3, 0.4) is 0 Å². The van der Waals surface area contributed by atoms with Gasteiger partial charge in [-0.1, -0.05) is 62.4 Å². The fourth-order valence-electron chi connectivity index (χ4n) is 5.20. The lowest BCUT2D eigenvalue weighted by atomic mass is 9.83. The molecule has 2 fully saturated rings. The molecule has 1 spiro atoms. The van der Waals surface area contributed by atoms with Gasteiger partial charge in [-0.3, -0.25) is 14.5 Å². The molecule has 1 N–H and O–H groups in total. The minimum Gasteiger partial charge on any atom is -0.339 e. The first-order valence-electron chi connectivity index (χ1n) is 11.5. The van der Waals surface area contributed by atoms with Gasteiger partial charge in [-0.15, -0.1) is 0 Å². The minimum absolute atomic E-state index is 0.0512. The summed E-state index contributed by atoms with van der Waals surface area (Å²) in [6, 6.07) is 18.6. The highest BCUT2D eigenvalue weighted by molar-refractivity contribution is 5.99. The summed E-state index contributed by atoms with van der Waals surface area (Å²) in [7, 11) is 0. The van der Waals surface area contributed by atoms with Crippen molar-refractivity contribution in [3.8, 4) is 0 Å². The molecule has 2 atom stereocenters. The first-order chi connectivity index (χ1) is 15.4. The zero-order chi connectivity index (χ0) is 22.7. The van der Waals surface area contributed by atoms with Crippen molar-refractivity contribution in [2.24, 2.45) is 5.92 Å². The minimum atomic E-state index is -1.53. The number of carbonyl (C=O) groups excluding carboxylic acids is 2. The maximum Gasteiger partial charge on any atom is 0.247 e. The van der Waals surface area contributed by atoms with Crippen LogP contribution in [-0.4, -0.2) is 54.1 Å². The number of carbonyl (C=O) groups is 2. The number of benzene rings is 2. The normalized spacial score (nSPS) is 20.4. The van der Waals surface area contributed by atoms with Crippen LogP contribution in [0.4, 0.5) is 10.1 Å². The smallest absolute Gasteiger partial charge is 0.247 e. The molecule has 0 aliphatic carbocycles. The molecule has 1 amide bonds. The maximum absolute atomic E-state index is 15.0. The van der Waals surface area contributed by atoms with E-state index in [2.05, 4.69) is 29.0 Å². The third-order valence-electron chi connectivity index (χ3n) is 7.06. The number of halogens is 1. The number of para-hydroxylation sites is 1. The Balaban J connectivity index is 1.45. The van der Waals surface area contributed by atoms with E-state index in [0.29, 0.717) is 38.2 Å². The topological polar surface area (TPSA) is 52.7 Å². The fraction of sp³-hybridized carbons (Fsp3) is 0.462. The van der Waals surface area contributed by atoms with Gasteiger partial charge in [0.05, 0.1) is 6.67 Å². The molecule has 2 aliphatic rings. The van der Waals surface area contributed by atoms with E-state index in [9.17, 15) is 9.59 Å². The third kappa shape index (κ3) is 4.29. The average molecular weight is 438 g/mol. The van der Waals surface area contributed by atoms with Gasteiger partial charge in [0.1, 0.15) is 5.54 Å². The zero-order valence-corrected chi connectivity index (χ0v) is 18.8. The molecule has 0 aromatic heterocycles. The molecule has 5 nitrogen and oxygen atoms in total. The molecule has 6 heteroatoms. The molecule has 2 aromatic rings. The predicted octanol–water partition coefficient (Wildman–Crippen LogP) is 4.05. The number of alkyl halides is 1. The number of anilines is 1. The average Bonchev–Trinajstić information content (AvgIpc) is 3.13. The number of Topliss-reactive ketones (excluding diaryl/α,β-unsaturated/α-hetero) is 1. The van der Waals surface area contributed by atoms with E-state index in [1.165, 1.54) is 0 Å². The highest BCUT2D eigenvalue weighted by Gasteiger charge is 2.51. The molecule has 2 aromatic carbocycles. The number of rotatable bonds is 7. The molecule has 2 aliphatic heterocycles. The monoisotopic (exact) mass is 437 g/mol. The summed E-state index contributed by atoms with van der Waals surface area (Å²) in [6.07, 6.45) is 0.00455. The second-order valence-electron chi connectivity index (χ2n) is 9.24. The summed E-state index contributed by atoms with van der Waals surface area (Å²) in [6.45, 7) is 6.06. The lowest BCUT2D eigenvalue weighted by Gasteiger charge is -2.46. The predicted molar refractivity (Wildman–Crippen MR) is 124 cm³/mol. The van der Waals surface area contributed by atoms with Crippen LogP contribution in [0.15, 0.2) is 60.7 Å². The van der Waals surface area contributed by atoms with Gasteiger partial charge in [-0.05, 0) is 30.9 Å². The first kappa shape index (κ1) is 22.5. The number of hydrogen-bond donors (Lipinski definition) is 1. The Hall–Kier alpha value is -2.73. The van der Waals surface area contributed by atoms with Crippen molar-refractivity contribution in [3.05, 3.63) is 66.2 Å². The van der Waals surface area contributed by atoms with Gasteiger partial charge in [0.25, 0.3) is 0 Å². The highest BCUT2D eigenvalue weighted by atomic mass is 19.1. The van der Waals surface area contributed by atoms with Crippen LogP contribution in [0, 0.1) is 5.92 Å². The van der Waals surface area contributed by atoms with E-state index in [4.69, 9.17) is 0 Å². The number of piperidine rings is 1. The largest absolute Gasteiger partial charge is 0.339 e. The number of amides is 1. The van der Waals surface area contributed by atoms with E-state index < -0.39 is 17.5 Å². The van der Waals surface area contributed by atoms with Crippen molar-refractivity contribution in [2.75, 3.05) is 24.7 Å². The molecule has 0 radical (unpaired) electrons. The van der Waals surface area contributed by atoms with Crippen molar-refractivity contribution < 1.29 is 14.0 Å². The van der Waals surface area contributed by atoms with Crippen molar-refractivity contribution in [3.63, 3.8) is 0 Å². The van der Waals surface area contributed by atoms with Crippen molar-refractivity contribution in [1.29, 1.82) is 0 Å². The van der Waals surface area contributed by atoms with Gasteiger partial charge in [0.2, 0.25) is 5.91 Å². The summed E-state index contributed by atoms with van der Waals surface area (Å²) in [5.74, 6) is -0.173. The molecule has 2 heterocycles. The number of nitrogens with one attached hydrogen (secondary N) is 1. The Morgan fingerprint density at radius 1 is 1.03 bits per heavy atom. The summed E-state index contributed by atoms with van der Waals surface area (Å²) in [5, 5.41) is 3.02. The van der Waals surface area contributed by atoms with E-state index in [1.54, 1.807) is 24.3 Å². The molecule has 0 saturated carbocycles. The molecule has 4 rings (SSSR count). The summed E-state index contributed by atoms with van der Waals surface area (Å²) in [5.41, 5.74) is 0.896. The van der Waals surface area contributed by atoms with Crippen molar-refractivity contribution >= 4 is 17.4 Å². The summed E-state index contributed by atoms with van der Waals surface area (Å²) >= 11 is 0. The van der Waals surface area contributed by atoms with Crippen LogP contribution >= 0.6 is 0 Å². The van der Waals surface area contributed by atoms with Gasteiger partial charge in [-0.25, -0.2) is 4.39 Å². The molecule has 2 saturated heterocycles. The van der Waals surface area contributed by atoms with Crippen molar-refractivity contribution in [2.45, 2.75) is 50.9 Å². The second kappa shape index (κ2) is 9.41. The van der Waals surface area contributed by atoms with Crippen LogP contribution in [0.2, 0.25) is 0 Å². The van der Waals surface area contributed by atoms with Crippen LogP contribution < -0.4 is 10.2 Å². The SMILES string of the molecule is CC(C)C(CC(F)C(=O)c1ccccc1)N1CCC2(CC1)C(=O)NCN2c1ccccc1. The third-order valence-corrected chi connectivity index (χ3v) is 7.06. The zero-order valence-electron chi connectivity index (χ0n) is 18.8. The maximum atomic E-state index is 15.0. The van der Waals surface area contributed by atoms with Gasteiger partial charge in [0, 0.05) is 36.8 Å². The number of likely N-dealkylation sites (tertiary alicyclic amines) is 1. The summed E-state index contributed by atoms with van der Waals surface area (Å²) < 4.78 is 15.0. The van der Waals surface area contributed by atoms with E-state index >= 15 is 4.39 Å². The Morgan fingerprint density at radius 3 is 2.22 bits per heavy atom. The molecular formula is C26H32FN3O2. The van der Waals surface area contributed by atoms with E-state index in [-0.39, 0.29) is 24.3 Å². The van der Waals surface area contributed by atoms with E-state index in [0.717, 1.165) is 5.69 Å². The van der Waals surface area contributed by atoms with Gasteiger partial charge < -0.3 is 10.2 Å². The quantitative estimate of drug-likeness (QED) is 0.664. The summed E-state index contributed by atoms with van der Waals surface area (Å²) in [4.78, 5) is 29.9. The molecule has 32 heavy (non-hydrogen) atoms. The lowest BCUT2D eigenvalue weighted by molar-refractivity contribution is -0.125. The lowest BCUT2D eigenvalue weighted by Crippen LogP contribution is -2.58. The molecular weight excluding hydrogens is 405 g/mol. The standard InChI is InChI=1S/C26H32FN3O2/c1-19(2)23(17-22(27)24(31)20-9-5-3-6-10-20)29-15-13-26(14-16-29)25(32)28-18-30(26)21-11-7-4-8-12-21/h3-12,19,22-23H,13-18H2,1-2H3,(H,28,32). The fourth-order valence-corrected chi connectivity index (χ4v) is 5.20. The van der Waals surface area contributed by atoms with E-state index in [1.807, 2.05) is 36.4 Å². The number of ketones is 1. The van der Waals surface area contributed by atoms with Gasteiger partial charge in [-0.2, -0.15) is 0 Å². The molecule has 170 valence electrons. The van der Waals surface area contributed by atoms with Crippen LogP contribution in [0.25, 0.3) is 0 Å². The molecule has 2 unspecified atom stereocenters. The first-order valence-corrected chi connectivity index (χ1v) is 11.5. The van der Waals surface area contributed by atoms with Crippen LogP contribution in [0.5, 0.6) is 0 Å². The Kier molecular flexibility index (Phi) is 6.60. The van der Waals surface area contributed by atoms with Gasteiger partial charge >= 0.3 is 0 Å². The number of nitrogens with zero attached hydrogens (tertiary/aromatic N) is 2. The van der Waals surface area contributed by atoms with Crippen LogP contribution in [0.1, 0.15) is 43.5 Å². The van der Waals surface area contributed by atoms with Crippen LogP contribution in [-0.2, 0) is 4.79 Å².